The molecule has 0 spiro atoms. The van der Waals surface area contributed by atoms with E-state index in [4.69, 9.17) is 10.3 Å². The number of nitrogens with one attached hydrogen (secondary N) is 1. The first-order valence-corrected chi connectivity index (χ1v) is 6.62. The molecule has 8 heteroatoms. The van der Waals surface area contributed by atoms with Crippen LogP contribution in [0.2, 0.25) is 0 Å². The van der Waals surface area contributed by atoms with Crippen LogP contribution in [0.1, 0.15) is 11.5 Å². The number of hydrogen-bond acceptors (Lipinski definition) is 6. The molecule has 0 atom stereocenters. The van der Waals surface area contributed by atoms with Crippen molar-refractivity contribution in [2.45, 2.75) is 13.1 Å². The van der Waals surface area contributed by atoms with Crippen LogP contribution < -0.4 is 11.1 Å². The Morgan fingerprint density at radius 1 is 1.32 bits per heavy atom. The number of benzene rings is 1. The zero-order valence-corrected chi connectivity index (χ0v) is 13.4. The van der Waals surface area contributed by atoms with Crippen molar-refractivity contribution in [1.82, 2.24) is 20.4 Å². The largest absolute Gasteiger partial charge is 0.346 e. The van der Waals surface area contributed by atoms with Crippen LogP contribution in [0, 0.1) is 0 Å². The van der Waals surface area contributed by atoms with E-state index >= 15 is 0 Å². The van der Waals surface area contributed by atoms with Gasteiger partial charge in [0, 0.05) is 12.1 Å². The fourth-order valence-corrected chi connectivity index (χ4v) is 1.81. The molecule has 2 aromatic rings. The van der Waals surface area contributed by atoms with Crippen LogP contribution in [0.3, 0.4) is 0 Å². The lowest BCUT2D eigenvalue weighted by Gasteiger charge is -2.09. The summed E-state index contributed by atoms with van der Waals surface area (Å²) in [6.45, 7) is 0.999. The van der Waals surface area contributed by atoms with Gasteiger partial charge in [0.1, 0.15) is 0 Å². The molecule has 0 unspecified atom stereocenters. The Morgan fingerprint density at radius 3 is 2.59 bits per heavy atom. The topological polar surface area (TPSA) is 97.3 Å². The fraction of sp³-hybridized carbons (Fsp3) is 0.357. The van der Waals surface area contributed by atoms with E-state index in [1.165, 1.54) is 5.56 Å². The molecule has 120 valence electrons. The van der Waals surface area contributed by atoms with Crippen molar-refractivity contribution < 1.29 is 9.32 Å². The molecule has 2 rings (SSSR count). The summed E-state index contributed by atoms with van der Waals surface area (Å²) < 4.78 is 5.08. The van der Waals surface area contributed by atoms with Crippen molar-refractivity contribution in [2.75, 3.05) is 20.6 Å². The molecule has 0 bridgehead atoms. The van der Waals surface area contributed by atoms with Crippen molar-refractivity contribution in [2.24, 2.45) is 5.73 Å². The molecule has 7 nitrogen and oxygen atoms in total. The van der Waals surface area contributed by atoms with Crippen molar-refractivity contribution in [1.29, 1.82) is 0 Å². The zero-order chi connectivity index (χ0) is 15.2. The van der Waals surface area contributed by atoms with E-state index < -0.39 is 0 Å². The Morgan fingerprint density at radius 2 is 2.00 bits per heavy atom. The third kappa shape index (κ3) is 5.10. The van der Waals surface area contributed by atoms with E-state index in [1.54, 1.807) is 0 Å². The second-order valence-corrected chi connectivity index (χ2v) is 4.93. The smallest absolute Gasteiger partial charge is 0.246 e. The minimum Gasteiger partial charge on any atom is -0.346 e. The van der Waals surface area contributed by atoms with Crippen LogP contribution in [0.15, 0.2) is 28.8 Å². The molecular weight excluding hydrogens is 306 g/mol. The number of carbonyl (C=O) groups excluding carboxylic acids is 1. The van der Waals surface area contributed by atoms with Crippen molar-refractivity contribution in [3.63, 3.8) is 0 Å². The van der Waals surface area contributed by atoms with Gasteiger partial charge in [-0.15, -0.1) is 12.4 Å². The van der Waals surface area contributed by atoms with Crippen molar-refractivity contribution >= 4 is 18.3 Å². The van der Waals surface area contributed by atoms with Crippen LogP contribution in [-0.2, 0) is 17.9 Å². The van der Waals surface area contributed by atoms with Gasteiger partial charge in [0.15, 0.2) is 0 Å². The first-order chi connectivity index (χ1) is 10.1. The Bertz CT molecular complexity index is 598. The Hall–Kier alpha value is -1.96. The van der Waals surface area contributed by atoms with Crippen LogP contribution in [0.5, 0.6) is 0 Å². The predicted octanol–water partition coefficient (Wildman–Crippen LogP) is 0.795. The van der Waals surface area contributed by atoms with Gasteiger partial charge in [0.25, 0.3) is 0 Å². The quantitative estimate of drug-likeness (QED) is 0.815. The zero-order valence-electron chi connectivity index (χ0n) is 12.6. The van der Waals surface area contributed by atoms with Gasteiger partial charge in [-0.25, -0.2) is 0 Å². The van der Waals surface area contributed by atoms with Gasteiger partial charge >= 0.3 is 0 Å². The molecule has 0 fully saturated rings. The Kier molecular flexibility index (Phi) is 6.97. The molecule has 3 N–H and O–H groups in total. The van der Waals surface area contributed by atoms with E-state index in [0.717, 1.165) is 12.1 Å². The maximum atomic E-state index is 11.1. The molecule has 22 heavy (non-hydrogen) atoms. The van der Waals surface area contributed by atoms with Gasteiger partial charge in [-0.05, 0) is 19.7 Å². The summed E-state index contributed by atoms with van der Waals surface area (Å²) in [6.07, 6.45) is 0. The molecule has 0 saturated carbocycles. The summed E-state index contributed by atoms with van der Waals surface area (Å²) >= 11 is 0. The summed E-state index contributed by atoms with van der Waals surface area (Å²) in [5.41, 5.74) is 7.28. The highest BCUT2D eigenvalue weighted by Crippen LogP contribution is 2.17. The van der Waals surface area contributed by atoms with Crippen LogP contribution in [-0.4, -0.2) is 41.6 Å². The van der Waals surface area contributed by atoms with Crippen LogP contribution in [0.25, 0.3) is 11.4 Å². The standard InChI is InChI=1S/C14H19N5O2.ClH/c1-19(2)9-10-3-5-11(6-4-10)14-17-13(21-18-14)8-16-12(20)7-15;/h3-6H,7-9,15H2,1-2H3,(H,16,20);1H. The molecule has 1 aromatic carbocycles. The summed E-state index contributed by atoms with van der Waals surface area (Å²) in [5.74, 6) is 0.593. The number of aromatic nitrogens is 2. The summed E-state index contributed by atoms with van der Waals surface area (Å²) in [7, 11) is 4.05. The van der Waals surface area contributed by atoms with Crippen LogP contribution in [0.4, 0.5) is 0 Å². The van der Waals surface area contributed by atoms with Crippen molar-refractivity contribution in [3.8, 4) is 11.4 Å². The third-order valence-corrected chi connectivity index (χ3v) is 2.80. The lowest BCUT2D eigenvalue weighted by atomic mass is 10.1. The molecular formula is C14H20ClN5O2. The lowest BCUT2D eigenvalue weighted by molar-refractivity contribution is -0.120. The van der Waals surface area contributed by atoms with Gasteiger partial charge in [-0.3, -0.25) is 4.79 Å². The number of nitrogens with zero attached hydrogens (tertiary/aromatic N) is 3. The number of rotatable bonds is 6. The van der Waals surface area contributed by atoms with E-state index in [-0.39, 0.29) is 31.4 Å². The van der Waals surface area contributed by atoms with Gasteiger partial charge in [-0.1, -0.05) is 29.4 Å². The van der Waals surface area contributed by atoms with E-state index in [2.05, 4.69) is 20.4 Å². The second kappa shape index (κ2) is 8.47. The maximum Gasteiger partial charge on any atom is 0.246 e. The minimum absolute atomic E-state index is 0. The maximum absolute atomic E-state index is 11.1. The lowest BCUT2D eigenvalue weighted by Crippen LogP contribution is -2.29. The Labute approximate surface area is 135 Å². The molecule has 1 aromatic heterocycles. The first-order valence-electron chi connectivity index (χ1n) is 6.62. The summed E-state index contributed by atoms with van der Waals surface area (Å²) in [4.78, 5) is 17.4. The highest BCUT2D eigenvalue weighted by atomic mass is 35.5. The average Bonchev–Trinajstić information content (AvgIpc) is 2.94. The molecule has 0 saturated heterocycles. The number of nitrogens with two attached hydrogens (primary N) is 1. The van der Waals surface area contributed by atoms with Crippen LogP contribution >= 0.6 is 12.4 Å². The van der Waals surface area contributed by atoms with Gasteiger partial charge in [0.05, 0.1) is 13.1 Å². The molecule has 0 aliphatic carbocycles. The average molecular weight is 326 g/mol. The molecule has 0 radical (unpaired) electrons. The molecule has 0 aliphatic heterocycles. The monoisotopic (exact) mass is 325 g/mol. The first kappa shape index (κ1) is 18.1. The molecule has 1 amide bonds. The summed E-state index contributed by atoms with van der Waals surface area (Å²) in [6, 6.07) is 7.96. The van der Waals surface area contributed by atoms with Gasteiger partial charge in [-0.2, -0.15) is 4.98 Å². The fourth-order valence-electron chi connectivity index (χ4n) is 1.81. The number of hydrogen-bond donors (Lipinski definition) is 2. The van der Waals surface area contributed by atoms with Crippen molar-refractivity contribution in [3.05, 3.63) is 35.7 Å². The normalized spacial score (nSPS) is 10.4. The molecule has 1 heterocycles. The number of amides is 1. The highest BCUT2D eigenvalue weighted by molar-refractivity contribution is 5.85. The van der Waals surface area contributed by atoms with E-state index in [9.17, 15) is 4.79 Å². The SMILES string of the molecule is CN(C)Cc1ccc(-c2noc(CNC(=O)CN)n2)cc1.Cl. The minimum atomic E-state index is -0.261. The molecule has 0 aliphatic rings. The van der Waals surface area contributed by atoms with E-state index in [1.807, 2.05) is 38.4 Å². The van der Waals surface area contributed by atoms with Gasteiger partial charge < -0.3 is 20.5 Å². The second-order valence-electron chi connectivity index (χ2n) is 4.93. The number of halogens is 1. The highest BCUT2D eigenvalue weighted by Gasteiger charge is 2.09. The van der Waals surface area contributed by atoms with Gasteiger partial charge in [0.2, 0.25) is 17.6 Å². The van der Waals surface area contributed by atoms with E-state index in [0.29, 0.717) is 11.7 Å². The predicted molar refractivity (Wildman–Crippen MR) is 85.3 cm³/mol. The summed E-state index contributed by atoms with van der Waals surface area (Å²) in [5, 5.41) is 6.48. The third-order valence-electron chi connectivity index (χ3n) is 2.80. The number of carbonyl (C=O) groups is 1. The Balaban J connectivity index is 0.00000242.